The maximum Gasteiger partial charge on any atom is 0.248 e. The van der Waals surface area contributed by atoms with Crippen LogP contribution in [0.2, 0.25) is 0 Å². The standard InChI is InChI=1S/2C7H8N2O.C4H12N2/c2*8-6-3-1-5(2-4-6)7(9)10;1-5-3-4-6-2/h2*1-4H,8H2,(H2,9,10);5-6H,3-4H2,1-2H3. The van der Waals surface area contributed by atoms with E-state index >= 15 is 0 Å². The van der Waals surface area contributed by atoms with E-state index in [0.29, 0.717) is 22.5 Å². The highest BCUT2D eigenvalue weighted by Crippen LogP contribution is 2.04. The van der Waals surface area contributed by atoms with Crippen LogP contribution in [0.3, 0.4) is 0 Å². The quantitative estimate of drug-likeness (QED) is 0.329. The minimum atomic E-state index is -0.431. The molecule has 0 atom stereocenters. The summed E-state index contributed by atoms with van der Waals surface area (Å²) in [6.45, 7) is 2.10. The highest BCUT2D eigenvalue weighted by Gasteiger charge is 1.97. The molecule has 142 valence electrons. The number of anilines is 2. The summed E-state index contributed by atoms with van der Waals surface area (Å²) in [4.78, 5) is 21.0. The number of nitrogens with one attached hydrogen (secondary N) is 2. The number of hydrogen-bond acceptors (Lipinski definition) is 6. The molecule has 0 heterocycles. The van der Waals surface area contributed by atoms with Gasteiger partial charge in [-0.05, 0) is 62.6 Å². The van der Waals surface area contributed by atoms with E-state index in [4.69, 9.17) is 22.9 Å². The van der Waals surface area contributed by atoms with Gasteiger partial charge in [0, 0.05) is 35.6 Å². The third kappa shape index (κ3) is 10.6. The van der Waals surface area contributed by atoms with E-state index in [1.54, 1.807) is 48.5 Å². The van der Waals surface area contributed by atoms with Crippen molar-refractivity contribution < 1.29 is 9.59 Å². The van der Waals surface area contributed by atoms with Crippen molar-refractivity contribution in [1.82, 2.24) is 10.6 Å². The molecule has 0 saturated carbocycles. The van der Waals surface area contributed by atoms with Crippen molar-refractivity contribution in [3.05, 3.63) is 59.7 Å². The van der Waals surface area contributed by atoms with Crippen LogP contribution in [0.15, 0.2) is 48.5 Å². The molecule has 2 rings (SSSR count). The highest BCUT2D eigenvalue weighted by molar-refractivity contribution is 5.93. The molecule has 0 aromatic heterocycles. The van der Waals surface area contributed by atoms with Gasteiger partial charge in [0.15, 0.2) is 0 Å². The van der Waals surface area contributed by atoms with Crippen LogP contribution in [0.4, 0.5) is 11.4 Å². The van der Waals surface area contributed by atoms with Crippen molar-refractivity contribution >= 4 is 23.2 Å². The van der Waals surface area contributed by atoms with Gasteiger partial charge in [-0.2, -0.15) is 0 Å². The Kier molecular flexibility index (Phi) is 11.6. The SMILES string of the molecule is CNCCNC.NC(=O)c1ccc(N)cc1.NC(=O)c1ccc(N)cc1. The summed E-state index contributed by atoms with van der Waals surface area (Å²) in [5, 5.41) is 6.01. The predicted molar refractivity (Wildman–Crippen MR) is 107 cm³/mol. The lowest BCUT2D eigenvalue weighted by atomic mass is 10.2. The van der Waals surface area contributed by atoms with Crippen molar-refractivity contribution in [2.24, 2.45) is 11.5 Å². The molecule has 0 aliphatic carbocycles. The zero-order chi connectivity index (χ0) is 19.9. The van der Waals surface area contributed by atoms with Gasteiger partial charge in [0.1, 0.15) is 0 Å². The molecule has 2 amide bonds. The molecule has 0 saturated heterocycles. The number of amides is 2. The van der Waals surface area contributed by atoms with Crippen LogP contribution in [0.25, 0.3) is 0 Å². The average Bonchev–Trinajstić information content (AvgIpc) is 2.62. The molecule has 26 heavy (non-hydrogen) atoms. The Morgan fingerprint density at radius 3 is 1.15 bits per heavy atom. The Labute approximate surface area is 153 Å². The Balaban J connectivity index is 0.000000375. The van der Waals surface area contributed by atoms with Crippen LogP contribution >= 0.6 is 0 Å². The number of benzene rings is 2. The van der Waals surface area contributed by atoms with Crippen LogP contribution in [-0.4, -0.2) is 39.0 Å². The first-order valence-corrected chi connectivity index (χ1v) is 7.91. The van der Waals surface area contributed by atoms with Crippen molar-refractivity contribution in [3.8, 4) is 0 Å². The van der Waals surface area contributed by atoms with Gasteiger partial charge in [0.2, 0.25) is 11.8 Å². The smallest absolute Gasteiger partial charge is 0.248 e. The largest absolute Gasteiger partial charge is 0.399 e. The second kappa shape index (κ2) is 13.2. The Bertz CT molecular complexity index is 597. The predicted octanol–water partition coefficient (Wildman–Crippen LogP) is 0.161. The number of nitrogens with two attached hydrogens (primary N) is 4. The number of rotatable bonds is 5. The first-order chi connectivity index (χ1) is 12.3. The molecule has 0 aliphatic rings. The zero-order valence-electron chi connectivity index (χ0n) is 15.2. The zero-order valence-corrected chi connectivity index (χ0v) is 15.2. The minimum Gasteiger partial charge on any atom is -0.399 e. The first-order valence-electron chi connectivity index (χ1n) is 7.91. The summed E-state index contributed by atoms with van der Waals surface area (Å²) in [5.41, 5.74) is 22.9. The Morgan fingerprint density at radius 1 is 0.692 bits per heavy atom. The van der Waals surface area contributed by atoms with Gasteiger partial charge >= 0.3 is 0 Å². The summed E-state index contributed by atoms with van der Waals surface area (Å²) in [5.74, 6) is -0.861. The molecule has 2 aromatic carbocycles. The molecule has 0 bridgehead atoms. The maximum absolute atomic E-state index is 10.5. The maximum atomic E-state index is 10.5. The molecule has 8 heteroatoms. The lowest BCUT2D eigenvalue weighted by Gasteiger charge is -1.93. The van der Waals surface area contributed by atoms with Gasteiger partial charge in [0.25, 0.3) is 0 Å². The fourth-order valence-electron chi connectivity index (χ4n) is 1.54. The lowest BCUT2D eigenvalue weighted by molar-refractivity contribution is 0.0992. The molecule has 0 fully saturated rings. The number of carbonyl (C=O) groups excluding carboxylic acids is 2. The van der Waals surface area contributed by atoms with Gasteiger partial charge in [-0.25, -0.2) is 0 Å². The molecule has 8 nitrogen and oxygen atoms in total. The Morgan fingerprint density at radius 2 is 0.962 bits per heavy atom. The van der Waals surface area contributed by atoms with Gasteiger partial charge in [0.05, 0.1) is 0 Å². The van der Waals surface area contributed by atoms with E-state index in [1.807, 2.05) is 14.1 Å². The van der Waals surface area contributed by atoms with E-state index < -0.39 is 11.8 Å². The number of carbonyl (C=O) groups is 2. The van der Waals surface area contributed by atoms with E-state index in [0.717, 1.165) is 13.1 Å². The second-order valence-electron chi connectivity index (χ2n) is 5.18. The fourth-order valence-corrected chi connectivity index (χ4v) is 1.54. The highest BCUT2D eigenvalue weighted by atomic mass is 16.1. The number of hydrogen-bond donors (Lipinski definition) is 6. The molecule has 0 unspecified atom stereocenters. The van der Waals surface area contributed by atoms with Gasteiger partial charge in [-0.3, -0.25) is 9.59 Å². The van der Waals surface area contributed by atoms with E-state index in [9.17, 15) is 9.59 Å². The summed E-state index contributed by atoms with van der Waals surface area (Å²) in [6, 6.07) is 12.9. The van der Waals surface area contributed by atoms with E-state index in [1.165, 1.54) is 0 Å². The van der Waals surface area contributed by atoms with E-state index in [-0.39, 0.29) is 0 Å². The van der Waals surface area contributed by atoms with Crippen molar-refractivity contribution in [2.75, 3.05) is 38.7 Å². The first kappa shape index (κ1) is 22.9. The topological polar surface area (TPSA) is 162 Å². The third-order valence-corrected chi connectivity index (χ3v) is 3.02. The van der Waals surface area contributed by atoms with Crippen molar-refractivity contribution in [1.29, 1.82) is 0 Å². The molecular weight excluding hydrogens is 332 g/mol. The molecule has 2 aromatic rings. The van der Waals surface area contributed by atoms with Gasteiger partial charge in [-0.15, -0.1) is 0 Å². The summed E-state index contributed by atoms with van der Waals surface area (Å²) >= 11 is 0. The van der Waals surface area contributed by atoms with Crippen LogP contribution in [0, 0.1) is 0 Å². The van der Waals surface area contributed by atoms with Crippen molar-refractivity contribution in [2.45, 2.75) is 0 Å². The normalized spacial score (nSPS) is 9.15. The summed E-state index contributed by atoms with van der Waals surface area (Å²) < 4.78 is 0. The van der Waals surface area contributed by atoms with Gasteiger partial charge < -0.3 is 33.6 Å². The van der Waals surface area contributed by atoms with Crippen molar-refractivity contribution in [3.63, 3.8) is 0 Å². The summed E-state index contributed by atoms with van der Waals surface area (Å²) in [6.07, 6.45) is 0. The lowest BCUT2D eigenvalue weighted by Crippen LogP contribution is -2.21. The fraction of sp³-hybridized carbons (Fsp3) is 0.222. The number of nitrogen functional groups attached to an aromatic ring is 2. The number of likely N-dealkylation sites (N-methyl/N-ethyl adjacent to an activating group) is 2. The second-order valence-corrected chi connectivity index (χ2v) is 5.18. The van der Waals surface area contributed by atoms with Crippen LogP contribution in [0.1, 0.15) is 20.7 Å². The van der Waals surface area contributed by atoms with Crippen LogP contribution in [0.5, 0.6) is 0 Å². The number of primary amides is 2. The molecule has 10 N–H and O–H groups in total. The monoisotopic (exact) mass is 360 g/mol. The Hall–Kier alpha value is -3.10. The minimum absolute atomic E-state index is 0.431. The summed E-state index contributed by atoms with van der Waals surface area (Å²) in [7, 11) is 3.88. The van der Waals surface area contributed by atoms with Crippen LogP contribution in [-0.2, 0) is 0 Å². The molecule has 0 aliphatic heterocycles. The molecular formula is C18H28N6O2. The van der Waals surface area contributed by atoms with Crippen LogP contribution < -0.4 is 33.6 Å². The average molecular weight is 360 g/mol. The third-order valence-electron chi connectivity index (χ3n) is 3.02. The van der Waals surface area contributed by atoms with Gasteiger partial charge in [-0.1, -0.05) is 0 Å². The molecule has 0 spiro atoms. The molecule has 0 radical (unpaired) electrons. The van der Waals surface area contributed by atoms with E-state index in [2.05, 4.69) is 10.6 Å².